The van der Waals surface area contributed by atoms with Crippen molar-refractivity contribution in [1.82, 2.24) is 0 Å². The molecule has 2 nitrogen and oxygen atoms in total. The molecule has 0 atom stereocenters. The average molecular weight is 218 g/mol. The third kappa shape index (κ3) is 1.92. The van der Waals surface area contributed by atoms with E-state index in [1.165, 1.54) is 11.3 Å². The number of carbonyl (C=O) groups is 1. The van der Waals surface area contributed by atoms with E-state index in [0.717, 1.165) is 15.3 Å². The summed E-state index contributed by atoms with van der Waals surface area (Å²) in [6, 6.07) is 11.5. The smallest absolute Gasteiger partial charge is 0.336 e. The maximum absolute atomic E-state index is 10.9. The standard InChI is InChI=1S/C12H10O2S/c1-8-10(12(13)14)7-11(15-8)9-5-3-2-4-6-9/h2-7H,1H3,(H,13,14). The molecule has 76 valence electrons. The van der Waals surface area contributed by atoms with Crippen molar-refractivity contribution in [1.29, 1.82) is 0 Å². The zero-order valence-corrected chi connectivity index (χ0v) is 9.04. The van der Waals surface area contributed by atoms with Gasteiger partial charge >= 0.3 is 5.97 Å². The van der Waals surface area contributed by atoms with Crippen LogP contribution in [0.4, 0.5) is 0 Å². The number of hydrogen-bond donors (Lipinski definition) is 1. The van der Waals surface area contributed by atoms with E-state index in [-0.39, 0.29) is 0 Å². The van der Waals surface area contributed by atoms with Crippen molar-refractivity contribution in [3.63, 3.8) is 0 Å². The fraction of sp³-hybridized carbons (Fsp3) is 0.0833. The van der Waals surface area contributed by atoms with Crippen LogP contribution >= 0.6 is 11.3 Å². The van der Waals surface area contributed by atoms with E-state index in [2.05, 4.69) is 0 Å². The molecule has 0 bridgehead atoms. The van der Waals surface area contributed by atoms with Crippen LogP contribution in [0.1, 0.15) is 15.2 Å². The predicted molar refractivity (Wildman–Crippen MR) is 61.5 cm³/mol. The van der Waals surface area contributed by atoms with Gasteiger partial charge in [-0.2, -0.15) is 0 Å². The first kappa shape index (κ1) is 9.93. The van der Waals surface area contributed by atoms with Gasteiger partial charge in [0.2, 0.25) is 0 Å². The Labute approximate surface area is 91.8 Å². The summed E-state index contributed by atoms with van der Waals surface area (Å²) in [6.45, 7) is 1.83. The zero-order chi connectivity index (χ0) is 10.8. The molecule has 0 aliphatic rings. The maximum Gasteiger partial charge on any atom is 0.336 e. The highest BCUT2D eigenvalue weighted by Gasteiger charge is 2.12. The van der Waals surface area contributed by atoms with Crippen molar-refractivity contribution < 1.29 is 9.90 Å². The maximum atomic E-state index is 10.9. The van der Waals surface area contributed by atoms with E-state index >= 15 is 0 Å². The minimum absolute atomic E-state index is 0.402. The Morgan fingerprint density at radius 1 is 1.27 bits per heavy atom. The second-order valence-electron chi connectivity index (χ2n) is 3.25. The van der Waals surface area contributed by atoms with Crippen LogP contribution in [-0.2, 0) is 0 Å². The average Bonchev–Trinajstić information content (AvgIpc) is 2.62. The molecule has 2 rings (SSSR count). The summed E-state index contributed by atoms with van der Waals surface area (Å²) < 4.78 is 0. The molecule has 3 heteroatoms. The third-order valence-electron chi connectivity index (χ3n) is 2.21. The van der Waals surface area contributed by atoms with Gasteiger partial charge in [-0.3, -0.25) is 0 Å². The molecule has 15 heavy (non-hydrogen) atoms. The summed E-state index contributed by atoms with van der Waals surface area (Å²) >= 11 is 1.51. The van der Waals surface area contributed by atoms with Gasteiger partial charge in [0.05, 0.1) is 5.56 Å². The monoisotopic (exact) mass is 218 g/mol. The summed E-state index contributed by atoms with van der Waals surface area (Å²) in [5, 5.41) is 8.93. The summed E-state index contributed by atoms with van der Waals surface area (Å²) in [7, 11) is 0. The molecule has 2 aromatic rings. The Morgan fingerprint density at radius 2 is 1.93 bits per heavy atom. The Balaban J connectivity index is 2.48. The summed E-state index contributed by atoms with van der Waals surface area (Å²) in [6.07, 6.45) is 0. The molecule has 1 aromatic carbocycles. The van der Waals surface area contributed by atoms with Crippen LogP contribution in [0.3, 0.4) is 0 Å². The second kappa shape index (κ2) is 3.87. The number of aryl methyl sites for hydroxylation is 1. The van der Waals surface area contributed by atoms with Gasteiger partial charge in [0.1, 0.15) is 0 Å². The number of rotatable bonds is 2. The molecule has 1 heterocycles. The first-order chi connectivity index (χ1) is 7.18. The van der Waals surface area contributed by atoms with Crippen LogP contribution < -0.4 is 0 Å². The molecule has 0 amide bonds. The number of carboxylic acid groups (broad SMARTS) is 1. The molecule has 0 aliphatic heterocycles. The number of thiophene rings is 1. The highest BCUT2D eigenvalue weighted by atomic mass is 32.1. The van der Waals surface area contributed by atoms with E-state index in [1.807, 2.05) is 37.3 Å². The SMILES string of the molecule is Cc1sc(-c2ccccc2)cc1C(=O)O. The highest BCUT2D eigenvalue weighted by molar-refractivity contribution is 7.15. The van der Waals surface area contributed by atoms with Crippen molar-refractivity contribution in [3.05, 3.63) is 46.8 Å². The van der Waals surface area contributed by atoms with Crippen molar-refractivity contribution >= 4 is 17.3 Å². The molecule has 1 aromatic heterocycles. The van der Waals surface area contributed by atoms with Crippen LogP contribution in [0.2, 0.25) is 0 Å². The van der Waals surface area contributed by atoms with Crippen LogP contribution in [0, 0.1) is 6.92 Å². The van der Waals surface area contributed by atoms with E-state index in [4.69, 9.17) is 5.11 Å². The minimum atomic E-state index is -0.856. The lowest BCUT2D eigenvalue weighted by molar-refractivity contribution is 0.0697. The molecule has 0 unspecified atom stereocenters. The van der Waals surface area contributed by atoms with E-state index in [1.54, 1.807) is 6.07 Å². The molecule has 0 saturated carbocycles. The Bertz CT molecular complexity index is 486. The quantitative estimate of drug-likeness (QED) is 0.838. The Hall–Kier alpha value is -1.61. The lowest BCUT2D eigenvalue weighted by Gasteiger charge is -1.93. The van der Waals surface area contributed by atoms with E-state index in [0.29, 0.717) is 5.56 Å². The number of benzene rings is 1. The molecule has 0 radical (unpaired) electrons. The molecule has 0 spiro atoms. The van der Waals surface area contributed by atoms with Gasteiger partial charge in [-0.05, 0) is 18.6 Å². The van der Waals surface area contributed by atoms with Crippen LogP contribution in [0.25, 0.3) is 10.4 Å². The highest BCUT2D eigenvalue weighted by Crippen LogP contribution is 2.30. The Morgan fingerprint density at radius 3 is 2.47 bits per heavy atom. The topological polar surface area (TPSA) is 37.3 Å². The third-order valence-corrected chi connectivity index (χ3v) is 3.31. The first-order valence-electron chi connectivity index (χ1n) is 4.57. The molecular formula is C12H10O2S. The Kier molecular flexibility index (Phi) is 2.56. The lowest BCUT2D eigenvalue weighted by atomic mass is 10.1. The number of aromatic carboxylic acids is 1. The van der Waals surface area contributed by atoms with Crippen LogP contribution in [-0.4, -0.2) is 11.1 Å². The van der Waals surface area contributed by atoms with Crippen molar-refractivity contribution in [2.75, 3.05) is 0 Å². The molecule has 0 fully saturated rings. The summed E-state index contributed by atoms with van der Waals surface area (Å²) in [5.41, 5.74) is 1.47. The second-order valence-corrected chi connectivity index (χ2v) is 4.51. The van der Waals surface area contributed by atoms with Gasteiger partial charge in [-0.15, -0.1) is 11.3 Å². The van der Waals surface area contributed by atoms with Gasteiger partial charge in [0.25, 0.3) is 0 Å². The van der Waals surface area contributed by atoms with Crippen LogP contribution in [0.15, 0.2) is 36.4 Å². The molecule has 1 N–H and O–H groups in total. The summed E-state index contributed by atoms with van der Waals surface area (Å²) in [4.78, 5) is 12.7. The fourth-order valence-corrected chi connectivity index (χ4v) is 2.46. The first-order valence-corrected chi connectivity index (χ1v) is 5.39. The van der Waals surface area contributed by atoms with Gasteiger partial charge in [0, 0.05) is 9.75 Å². The number of carboxylic acids is 1. The fourth-order valence-electron chi connectivity index (χ4n) is 1.44. The van der Waals surface area contributed by atoms with Crippen LogP contribution in [0.5, 0.6) is 0 Å². The van der Waals surface area contributed by atoms with Gasteiger partial charge in [0.15, 0.2) is 0 Å². The van der Waals surface area contributed by atoms with Crippen molar-refractivity contribution in [3.8, 4) is 10.4 Å². The summed E-state index contributed by atoms with van der Waals surface area (Å²) in [5.74, 6) is -0.856. The van der Waals surface area contributed by atoms with Gasteiger partial charge in [-0.25, -0.2) is 4.79 Å². The predicted octanol–water partition coefficient (Wildman–Crippen LogP) is 3.42. The van der Waals surface area contributed by atoms with Crippen molar-refractivity contribution in [2.24, 2.45) is 0 Å². The normalized spacial score (nSPS) is 10.2. The molecular weight excluding hydrogens is 208 g/mol. The minimum Gasteiger partial charge on any atom is -0.478 e. The zero-order valence-electron chi connectivity index (χ0n) is 8.23. The van der Waals surface area contributed by atoms with E-state index < -0.39 is 5.97 Å². The van der Waals surface area contributed by atoms with Gasteiger partial charge in [-0.1, -0.05) is 30.3 Å². The molecule has 0 aliphatic carbocycles. The van der Waals surface area contributed by atoms with Gasteiger partial charge < -0.3 is 5.11 Å². The van der Waals surface area contributed by atoms with E-state index in [9.17, 15) is 4.79 Å². The lowest BCUT2D eigenvalue weighted by Crippen LogP contribution is -1.94. The largest absolute Gasteiger partial charge is 0.478 e. The number of hydrogen-bond acceptors (Lipinski definition) is 2. The molecule has 0 saturated heterocycles. The van der Waals surface area contributed by atoms with Crippen molar-refractivity contribution in [2.45, 2.75) is 6.92 Å².